The molecule has 11 heavy (non-hydrogen) atoms. The highest BCUT2D eigenvalue weighted by Crippen LogP contribution is 2.16. The molecule has 0 fully saturated rings. The van der Waals surface area contributed by atoms with Gasteiger partial charge in [-0.05, 0) is 25.5 Å². The van der Waals surface area contributed by atoms with Gasteiger partial charge in [0.25, 0.3) is 0 Å². The van der Waals surface area contributed by atoms with Gasteiger partial charge in [-0.2, -0.15) is 10.2 Å². The van der Waals surface area contributed by atoms with E-state index in [1.807, 2.05) is 26.0 Å². The molecule has 1 atom stereocenters. The first-order chi connectivity index (χ1) is 5.17. The largest absolute Gasteiger partial charge is 0.320 e. The Labute approximate surface area is 66.6 Å². The Morgan fingerprint density at radius 3 is 2.82 bits per heavy atom. The van der Waals surface area contributed by atoms with E-state index in [4.69, 9.17) is 5.73 Å². The highest BCUT2D eigenvalue weighted by atomic mass is 15.1. The van der Waals surface area contributed by atoms with E-state index < -0.39 is 0 Å². The Morgan fingerprint density at radius 2 is 2.36 bits per heavy atom. The number of hydrogen-bond acceptors (Lipinski definition) is 3. The number of nitrogens with two attached hydrogens (primary N) is 1. The fourth-order valence-corrected chi connectivity index (χ4v) is 0.787. The molecule has 0 aromatic carbocycles. The van der Waals surface area contributed by atoms with Gasteiger partial charge < -0.3 is 5.73 Å². The summed E-state index contributed by atoms with van der Waals surface area (Å²) in [5.74, 6) is 0. The van der Waals surface area contributed by atoms with Crippen molar-refractivity contribution in [3.63, 3.8) is 0 Å². The molecule has 0 aliphatic rings. The van der Waals surface area contributed by atoms with E-state index in [1.165, 1.54) is 0 Å². The third-order valence-corrected chi connectivity index (χ3v) is 1.89. The van der Waals surface area contributed by atoms with Crippen LogP contribution in [0.4, 0.5) is 0 Å². The van der Waals surface area contributed by atoms with E-state index in [1.54, 1.807) is 6.20 Å². The Kier molecular flexibility index (Phi) is 2.19. The normalized spacial score (nSPS) is 15.9. The molecule has 1 aromatic heterocycles. The number of hydrogen-bond donors (Lipinski definition) is 1. The minimum Gasteiger partial charge on any atom is -0.320 e. The van der Waals surface area contributed by atoms with Crippen LogP contribution in [0.3, 0.4) is 0 Å². The summed E-state index contributed by atoms with van der Waals surface area (Å²) in [7, 11) is 0. The Bertz CT molecular complexity index is 218. The summed E-state index contributed by atoms with van der Waals surface area (Å²) in [6.07, 6.45) is 2.51. The first-order valence-electron chi connectivity index (χ1n) is 3.74. The van der Waals surface area contributed by atoms with Crippen LogP contribution in [-0.2, 0) is 5.54 Å². The van der Waals surface area contributed by atoms with E-state index in [-0.39, 0.29) is 5.54 Å². The zero-order chi connectivity index (χ0) is 8.32. The van der Waals surface area contributed by atoms with Gasteiger partial charge in [0, 0.05) is 6.20 Å². The third kappa shape index (κ3) is 1.74. The number of nitrogens with zero attached hydrogens (tertiary/aromatic N) is 2. The lowest BCUT2D eigenvalue weighted by Gasteiger charge is -2.20. The second kappa shape index (κ2) is 2.96. The summed E-state index contributed by atoms with van der Waals surface area (Å²) in [6.45, 7) is 3.99. The van der Waals surface area contributed by atoms with Crippen LogP contribution in [0.2, 0.25) is 0 Å². The second-order valence-corrected chi connectivity index (χ2v) is 2.88. The number of rotatable bonds is 2. The van der Waals surface area contributed by atoms with Gasteiger partial charge in [-0.15, -0.1) is 0 Å². The van der Waals surface area contributed by atoms with Gasteiger partial charge in [-0.25, -0.2) is 0 Å². The van der Waals surface area contributed by atoms with Crippen molar-refractivity contribution in [3.05, 3.63) is 24.0 Å². The van der Waals surface area contributed by atoms with E-state index in [9.17, 15) is 0 Å². The van der Waals surface area contributed by atoms with Crippen molar-refractivity contribution in [1.29, 1.82) is 0 Å². The molecule has 0 aliphatic heterocycles. The maximum absolute atomic E-state index is 5.93. The van der Waals surface area contributed by atoms with Crippen molar-refractivity contribution in [2.45, 2.75) is 25.8 Å². The van der Waals surface area contributed by atoms with Crippen LogP contribution >= 0.6 is 0 Å². The van der Waals surface area contributed by atoms with Crippen molar-refractivity contribution >= 4 is 0 Å². The molecule has 3 nitrogen and oxygen atoms in total. The molecule has 0 saturated carbocycles. The SMILES string of the molecule is CCC(C)(N)c1cccnn1. The van der Waals surface area contributed by atoms with Gasteiger partial charge in [0.1, 0.15) is 0 Å². The standard InChI is InChI=1S/C8H13N3/c1-3-8(2,9)7-5-4-6-10-11-7/h4-6H,3,9H2,1-2H3. The lowest BCUT2D eigenvalue weighted by atomic mass is 9.96. The Hall–Kier alpha value is -0.960. The summed E-state index contributed by atoms with van der Waals surface area (Å²) >= 11 is 0. The van der Waals surface area contributed by atoms with E-state index in [2.05, 4.69) is 10.2 Å². The second-order valence-electron chi connectivity index (χ2n) is 2.88. The van der Waals surface area contributed by atoms with E-state index in [0.717, 1.165) is 12.1 Å². The maximum atomic E-state index is 5.93. The van der Waals surface area contributed by atoms with Crippen molar-refractivity contribution in [2.75, 3.05) is 0 Å². The minimum absolute atomic E-state index is 0.339. The van der Waals surface area contributed by atoms with Gasteiger partial charge in [0.05, 0.1) is 11.2 Å². The highest BCUT2D eigenvalue weighted by Gasteiger charge is 2.19. The van der Waals surface area contributed by atoms with Crippen molar-refractivity contribution in [3.8, 4) is 0 Å². The minimum atomic E-state index is -0.339. The van der Waals surface area contributed by atoms with Crippen LogP contribution in [0.25, 0.3) is 0 Å². The quantitative estimate of drug-likeness (QED) is 0.687. The molecule has 1 rings (SSSR count). The summed E-state index contributed by atoms with van der Waals surface area (Å²) in [4.78, 5) is 0. The molecule has 3 heteroatoms. The predicted octanol–water partition coefficient (Wildman–Crippen LogP) is 1.06. The molecule has 0 spiro atoms. The van der Waals surface area contributed by atoms with Gasteiger partial charge in [0.2, 0.25) is 0 Å². The van der Waals surface area contributed by atoms with Gasteiger partial charge >= 0.3 is 0 Å². The zero-order valence-corrected chi connectivity index (χ0v) is 6.91. The smallest absolute Gasteiger partial charge is 0.0826 e. The summed E-state index contributed by atoms with van der Waals surface area (Å²) in [5.41, 5.74) is 6.45. The fourth-order valence-electron chi connectivity index (χ4n) is 0.787. The average Bonchev–Trinajstić information content (AvgIpc) is 2.06. The molecule has 0 bridgehead atoms. The van der Waals surface area contributed by atoms with E-state index >= 15 is 0 Å². The fraction of sp³-hybridized carbons (Fsp3) is 0.500. The van der Waals surface area contributed by atoms with Crippen LogP contribution in [-0.4, -0.2) is 10.2 Å². The van der Waals surface area contributed by atoms with Crippen molar-refractivity contribution in [1.82, 2.24) is 10.2 Å². The zero-order valence-electron chi connectivity index (χ0n) is 6.91. The lowest BCUT2D eigenvalue weighted by Crippen LogP contribution is -2.33. The van der Waals surface area contributed by atoms with Crippen LogP contribution in [0.15, 0.2) is 18.3 Å². The van der Waals surface area contributed by atoms with Crippen LogP contribution in [0, 0.1) is 0 Å². The summed E-state index contributed by atoms with van der Waals surface area (Å²) in [5, 5.41) is 7.72. The molecule has 0 radical (unpaired) electrons. The molecular weight excluding hydrogens is 138 g/mol. The lowest BCUT2D eigenvalue weighted by molar-refractivity contribution is 0.456. The third-order valence-electron chi connectivity index (χ3n) is 1.89. The molecule has 1 unspecified atom stereocenters. The molecule has 2 N–H and O–H groups in total. The average molecular weight is 151 g/mol. The van der Waals surface area contributed by atoms with Crippen molar-refractivity contribution < 1.29 is 0 Å². The van der Waals surface area contributed by atoms with Gasteiger partial charge in [-0.1, -0.05) is 6.92 Å². The Morgan fingerprint density at radius 1 is 1.64 bits per heavy atom. The first kappa shape index (κ1) is 8.14. The van der Waals surface area contributed by atoms with Gasteiger partial charge in [-0.3, -0.25) is 0 Å². The molecule has 1 aromatic rings. The number of aromatic nitrogens is 2. The molecule has 1 heterocycles. The molecule has 60 valence electrons. The molecule has 0 aliphatic carbocycles. The van der Waals surface area contributed by atoms with Crippen molar-refractivity contribution in [2.24, 2.45) is 5.73 Å². The first-order valence-corrected chi connectivity index (χ1v) is 3.74. The topological polar surface area (TPSA) is 51.8 Å². The van der Waals surface area contributed by atoms with E-state index in [0.29, 0.717) is 0 Å². The molecule has 0 amide bonds. The molecule has 0 saturated heterocycles. The highest BCUT2D eigenvalue weighted by molar-refractivity contribution is 5.10. The summed E-state index contributed by atoms with van der Waals surface area (Å²) < 4.78 is 0. The van der Waals surface area contributed by atoms with Crippen LogP contribution in [0.5, 0.6) is 0 Å². The predicted molar refractivity (Wildman–Crippen MR) is 43.9 cm³/mol. The van der Waals surface area contributed by atoms with Crippen LogP contribution in [0.1, 0.15) is 26.0 Å². The van der Waals surface area contributed by atoms with Crippen LogP contribution < -0.4 is 5.73 Å². The van der Waals surface area contributed by atoms with Gasteiger partial charge in [0.15, 0.2) is 0 Å². The molecular formula is C8H13N3. The summed E-state index contributed by atoms with van der Waals surface area (Å²) in [6, 6.07) is 3.75. The maximum Gasteiger partial charge on any atom is 0.0826 e. The monoisotopic (exact) mass is 151 g/mol. The Balaban J connectivity index is 2.93.